The number of nitrogens with one attached hydrogen (secondary N) is 1. The third kappa shape index (κ3) is 3.52. The fourth-order valence-corrected chi connectivity index (χ4v) is 3.16. The zero-order valence-corrected chi connectivity index (χ0v) is 15.3. The first-order chi connectivity index (χ1) is 13.0. The number of aromatic nitrogens is 2. The highest BCUT2D eigenvalue weighted by molar-refractivity contribution is 6.37. The van der Waals surface area contributed by atoms with Crippen LogP contribution in [-0.4, -0.2) is 15.3 Å². The van der Waals surface area contributed by atoms with Crippen molar-refractivity contribution in [1.82, 2.24) is 9.38 Å². The number of hydrogen-bond acceptors (Lipinski definition) is 2. The zero-order chi connectivity index (χ0) is 19.0. The molecule has 4 rings (SSSR count). The van der Waals surface area contributed by atoms with Gasteiger partial charge in [0.05, 0.1) is 21.3 Å². The standard InChI is InChI=1S/C20H12Cl2FN3O/c21-15-10-16(22)17(23)9-14(15)20(27)24-13-6-4-12(5-7-13)18-11-26-8-2-1-3-19(26)25-18/h1-11H,(H,24,27). The summed E-state index contributed by atoms with van der Waals surface area (Å²) in [6, 6.07) is 15.2. The van der Waals surface area contributed by atoms with Crippen LogP contribution >= 0.6 is 23.2 Å². The predicted molar refractivity (Wildman–Crippen MR) is 105 cm³/mol. The summed E-state index contributed by atoms with van der Waals surface area (Å²) < 4.78 is 15.5. The Morgan fingerprint density at radius 3 is 2.56 bits per heavy atom. The van der Waals surface area contributed by atoms with Crippen molar-refractivity contribution in [3.05, 3.63) is 88.4 Å². The van der Waals surface area contributed by atoms with Crippen molar-refractivity contribution in [3.8, 4) is 11.3 Å². The number of imidazole rings is 1. The van der Waals surface area contributed by atoms with Gasteiger partial charge in [-0.2, -0.15) is 0 Å². The molecule has 0 saturated heterocycles. The maximum absolute atomic E-state index is 13.6. The largest absolute Gasteiger partial charge is 0.322 e. The number of anilines is 1. The Balaban J connectivity index is 1.56. The Labute approximate surface area is 164 Å². The Hall–Kier alpha value is -2.89. The molecule has 134 valence electrons. The summed E-state index contributed by atoms with van der Waals surface area (Å²) in [5.74, 6) is -1.22. The van der Waals surface area contributed by atoms with Crippen LogP contribution in [0, 0.1) is 5.82 Å². The van der Waals surface area contributed by atoms with Crippen LogP contribution < -0.4 is 5.32 Å². The number of nitrogens with zero attached hydrogens (tertiary/aromatic N) is 2. The molecule has 7 heteroatoms. The number of carbonyl (C=O) groups excluding carboxylic acids is 1. The van der Waals surface area contributed by atoms with E-state index in [0.29, 0.717) is 5.69 Å². The summed E-state index contributed by atoms with van der Waals surface area (Å²) in [7, 11) is 0. The average Bonchev–Trinajstić information content (AvgIpc) is 3.09. The second kappa shape index (κ2) is 7.02. The fourth-order valence-electron chi connectivity index (χ4n) is 2.69. The van der Waals surface area contributed by atoms with Crippen LogP contribution in [-0.2, 0) is 0 Å². The van der Waals surface area contributed by atoms with Crippen LogP contribution in [0.1, 0.15) is 10.4 Å². The first kappa shape index (κ1) is 17.5. The van der Waals surface area contributed by atoms with Crippen molar-refractivity contribution in [3.63, 3.8) is 0 Å². The lowest BCUT2D eigenvalue weighted by atomic mass is 10.1. The van der Waals surface area contributed by atoms with Gasteiger partial charge in [0.1, 0.15) is 11.5 Å². The predicted octanol–water partition coefficient (Wildman–Crippen LogP) is 5.70. The minimum absolute atomic E-state index is 0.0167. The zero-order valence-electron chi connectivity index (χ0n) is 13.8. The van der Waals surface area contributed by atoms with E-state index in [9.17, 15) is 9.18 Å². The summed E-state index contributed by atoms with van der Waals surface area (Å²) in [6.07, 6.45) is 3.86. The number of amides is 1. The smallest absolute Gasteiger partial charge is 0.257 e. The van der Waals surface area contributed by atoms with Gasteiger partial charge in [-0.15, -0.1) is 0 Å². The summed E-state index contributed by atoms with van der Waals surface area (Å²) in [5, 5.41) is 2.64. The van der Waals surface area contributed by atoms with Crippen molar-refractivity contribution < 1.29 is 9.18 Å². The molecule has 0 aliphatic heterocycles. The summed E-state index contributed by atoms with van der Waals surface area (Å²) in [4.78, 5) is 16.9. The lowest BCUT2D eigenvalue weighted by Crippen LogP contribution is -2.12. The summed E-state index contributed by atoms with van der Waals surface area (Å²) >= 11 is 11.6. The third-order valence-corrected chi connectivity index (χ3v) is 4.66. The topological polar surface area (TPSA) is 46.4 Å². The molecule has 4 aromatic rings. The molecule has 0 atom stereocenters. The van der Waals surface area contributed by atoms with Gasteiger partial charge in [0.25, 0.3) is 5.91 Å². The maximum atomic E-state index is 13.6. The second-order valence-electron chi connectivity index (χ2n) is 5.87. The molecule has 0 bridgehead atoms. The van der Waals surface area contributed by atoms with Gasteiger partial charge >= 0.3 is 0 Å². The number of hydrogen-bond donors (Lipinski definition) is 1. The molecule has 4 nitrogen and oxygen atoms in total. The number of pyridine rings is 1. The molecule has 1 N–H and O–H groups in total. The summed E-state index contributed by atoms with van der Waals surface area (Å²) in [6.45, 7) is 0. The molecule has 0 fully saturated rings. The van der Waals surface area contributed by atoms with Crippen molar-refractivity contribution in [2.24, 2.45) is 0 Å². The van der Waals surface area contributed by atoms with E-state index in [1.165, 1.54) is 6.07 Å². The lowest BCUT2D eigenvalue weighted by Gasteiger charge is -2.08. The molecule has 0 unspecified atom stereocenters. The number of benzene rings is 2. The van der Waals surface area contributed by atoms with E-state index in [1.54, 1.807) is 12.1 Å². The van der Waals surface area contributed by atoms with Crippen LogP contribution in [0.2, 0.25) is 10.0 Å². The SMILES string of the molecule is O=C(Nc1ccc(-c2cn3ccccc3n2)cc1)c1cc(F)c(Cl)cc1Cl. The Morgan fingerprint density at radius 1 is 1.04 bits per heavy atom. The molecule has 0 aliphatic rings. The highest BCUT2D eigenvalue weighted by Gasteiger charge is 2.14. The molecule has 27 heavy (non-hydrogen) atoms. The molecule has 2 aromatic carbocycles. The van der Waals surface area contributed by atoms with Gasteiger partial charge in [-0.1, -0.05) is 41.4 Å². The van der Waals surface area contributed by atoms with Crippen molar-refractivity contribution in [1.29, 1.82) is 0 Å². The van der Waals surface area contributed by atoms with Gasteiger partial charge in [0, 0.05) is 23.6 Å². The molecule has 0 spiro atoms. The Kier molecular flexibility index (Phi) is 4.56. The molecule has 2 heterocycles. The number of rotatable bonds is 3. The lowest BCUT2D eigenvalue weighted by molar-refractivity contribution is 0.102. The van der Waals surface area contributed by atoms with Gasteiger partial charge < -0.3 is 9.72 Å². The maximum Gasteiger partial charge on any atom is 0.257 e. The van der Waals surface area contributed by atoms with E-state index in [0.717, 1.165) is 23.0 Å². The average molecular weight is 400 g/mol. The van der Waals surface area contributed by atoms with E-state index in [1.807, 2.05) is 47.1 Å². The van der Waals surface area contributed by atoms with E-state index in [-0.39, 0.29) is 15.6 Å². The van der Waals surface area contributed by atoms with Crippen LogP contribution in [0.3, 0.4) is 0 Å². The quantitative estimate of drug-likeness (QED) is 0.449. The molecule has 0 saturated carbocycles. The van der Waals surface area contributed by atoms with E-state index in [2.05, 4.69) is 10.3 Å². The van der Waals surface area contributed by atoms with E-state index >= 15 is 0 Å². The normalized spacial score (nSPS) is 10.9. The first-order valence-corrected chi connectivity index (χ1v) is 8.77. The van der Waals surface area contributed by atoms with Crippen LogP contribution in [0.4, 0.5) is 10.1 Å². The first-order valence-electron chi connectivity index (χ1n) is 8.01. The minimum Gasteiger partial charge on any atom is -0.322 e. The Morgan fingerprint density at radius 2 is 1.81 bits per heavy atom. The molecule has 2 aromatic heterocycles. The van der Waals surface area contributed by atoms with Crippen LogP contribution in [0.5, 0.6) is 0 Å². The Bertz CT molecular complexity index is 1120. The molecular weight excluding hydrogens is 388 g/mol. The minimum atomic E-state index is -0.701. The van der Waals surface area contributed by atoms with Crippen molar-refractivity contribution in [2.75, 3.05) is 5.32 Å². The van der Waals surface area contributed by atoms with Gasteiger partial charge in [-0.25, -0.2) is 9.37 Å². The monoisotopic (exact) mass is 399 g/mol. The number of halogens is 3. The van der Waals surface area contributed by atoms with Gasteiger partial charge in [-0.05, 0) is 36.4 Å². The van der Waals surface area contributed by atoms with Gasteiger partial charge in [0.2, 0.25) is 0 Å². The molecule has 0 aliphatic carbocycles. The van der Waals surface area contributed by atoms with E-state index in [4.69, 9.17) is 23.2 Å². The van der Waals surface area contributed by atoms with Gasteiger partial charge in [-0.3, -0.25) is 4.79 Å². The number of fused-ring (bicyclic) bond motifs is 1. The fraction of sp³-hybridized carbons (Fsp3) is 0. The van der Waals surface area contributed by atoms with Crippen LogP contribution in [0.25, 0.3) is 16.9 Å². The van der Waals surface area contributed by atoms with Gasteiger partial charge in [0.15, 0.2) is 0 Å². The van der Waals surface area contributed by atoms with Crippen LogP contribution in [0.15, 0.2) is 67.0 Å². The molecule has 1 amide bonds. The van der Waals surface area contributed by atoms with Crippen molar-refractivity contribution in [2.45, 2.75) is 0 Å². The van der Waals surface area contributed by atoms with Crippen molar-refractivity contribution >= 4 is 40.4 Å². The second-order valence-corrected chi connectivity index (χ2v) is 6.68. The highest BCUT2D eigenvalue weighted by atomic mass is 35.5. The summed E-state index contributed by atoms with van der Waals surface area (Å²) in [5.41, 5.74) is 3.15. The molecular formula is C20H12Cl2FN3O. The van der Waals surface area contributed by atoms with E-state index < -0.39 is 11.7 Å². The number of carbonyl (C=O) groups is 1. The molecule has 0 radical (unpaired) electrons. The third-order valence-electron chi connectivity index (χ3n) is 4.06. The highest BCUT2D eigenvalue weighted by Crippen LogP contribution is 2.26.